The van der Waals surface area contributed by atoms with Crippen molar-refractivity contribution in [3.8, 4) is 0 Å². The lowest BCUT2D eigenvalue weighted by Gasteiger charge is -2.05. The highest BCUT2D eigenvalue weighted by Crippen LogP contribution is 2.21. The van der Waals surface area contributed by atoms with E-state index in [1.54, 1.807) is 13.2 Å². The second-order valence-corrected chi connectivity index (χ2v) is 3.83. The lowest BCUT2D eigenvalue weighted by molar-refractivity contribution is 0.0963. The minimum atomic E-state index is 0.0840. The minimum Gasteiger partial charge on any atom is -0.385 e. The van der Waals surface area contributed by atoms with E-state index in [9.17, 15) is 4.79 Å². The Hall–Kier alpha value is -0.860. The number of hydrogen-bond donors (Lipinski definition) is 0. The molecule has 82 valence electrons. The predicted octanol–water partition coefficient (Wildman–Crippen LogP) is 3.26. The van der Waals surface area contributed by atoms with Gasteiger partial charge in [-0.05, 0) is 25.0 Å². The lowest BCUT2D eigenvalue weighted by Crippen LogP contribution is -2.02. The predicted molar refractivity (Wildman–Crippen MR) is 61.6 cm³/mol. The summed E-state index contributed by atoms with van der Waals surface area (Å²) in [6.07, 6.45) is 1.22. The lowest BCUT2D eigenvalue weighted by atomic mass is 10.0. The van der Waals surface area contributed by atoms with Crippen LogP contribution in [0.3, 0.4) is 0 Å². The van der Waals surface area contributed by atoms with Gasteiger partial charge in [0.1, 0.15) is 0 Å². The molecule has 1 aromatic carbocycles. The van der Waals surface area contributed by atoms with Crippen LogP contribution in [0.2, 0.25) is 5.02 Å². The van der Waals surface area contributed by atoms with Crippen LogP contribution >= 0.6 is 11.6 Å². The molecule has 0 spiro atoms. The van der Waals surface area contributed by atoms with Gasteiger partial charge < -0.3 is 4.74 Å². The van der Waals surface area contributed by atoms with Crippen molar-refractivity contribution in [1.29, 1.82) is 0 Å². The van der Waals surface area contributed by atoms with Gasteiger partial charge in [-0.25, -0.2) is 0 Å². The molecule has 0 aliphatic heterocycles. The molecule has 0 aliphatic carbocycles. The molecule has 0 N–H and O–H groups in total. The molecular formula is C12H15ClO2. The van der Waals surface area contributed by atoms with E-state index in [0.717, 1.165) is 12.0 Å². The molecule has 1 rings (SSSR count). The largest absolute Gasteiger partial charge is 0.385 e. The van der Waals surface area contributed by atoms with Crippen molar-refractivity contribution in [3.05, 3.63) is 34.3 Å². The highest BCUT2D eigenvalue weighted by molar-refractivity contribution is 6.34. The van der Waals surface area contributed by atoms with Crippen molar-refractivity contribution in [3.63, 3.8) is 0 Å². The van der Waals surface area contributed by atoms with Gasteiger partial charge in [0.2, 0.25) is 0 Å². The maximum absolute atomic E-state index is 11.8. The summed E-state index contributed by atoms with van der Waals surface area (Å²) in [4.78, 5) is 11.8. The summed E-state index contributed by atoms with van der Waals surface area (Å²) >= 11 is 6.05. The molecule has 0 amide bonds. The summed E-state index contributed by atoms with van der Waals surface area (Å²) in [5.41, 5.74) is 1.56. The van der Waals surface area contributed by atoms with Crippen LogP contribution in [0.15, 0.2) is 18.2 Å². The van der Waals surface area contributed by atoms with E-state index in [1.807, 2.05) is 19.1 Å². The summed E-state index contributed by atoms with van der Waals surface area (Å²) in [5.74, 6) is 0.0840. The fraction of sp³-hybridized carbons (Fsp3) is 0.417. The molecule has 0 bridgehead atoms. The Bertz CT molecular complexity index is 347. The first-order valence-corrected chi connectivity index (χ1v) is 5.32. The Kier molecular flexibility index (Phi) is 4.79. The zero-order valence-corrected chi connectivity index (χ0v) is 9.80. The number of carbonyl (C=O) groups is 1. The third-order valence-corrected chi connectivity index (χ3v) is 2.75. The zero-order valence-electron chi connectivity index (χ0n) is 9.05. The molecule has 0 aromatic heterocycles. The van der Waals surface area contributed by atoms with Crippen molar-refractivity contribution < 1.29 is 9.53 Å². The Morgan fingerprint density at radius 1 is 1.47 bits per heavy atom. The second kappa shape index (κ2) is 5.89. The van der Waals surface area contributed by atoms with E-state index in [2.05, 4.69) is 0 Å². The molecule has 0 fully saturated rings. The maximum Gasteiger partial charge on any atom is 0.164 e. The number of Topliss-reactive ketones (excluding diaryl/α,β-unsaturated/α-hetero) is 1. The van der Waals surface area contributed by atoms with Gasteiger partial charge in [-0.2, -0.15) is 0 Å². The number of rotatable bonds is 5. The summed E-state index contributed by atoms with van der Waals surface area (Å²) in [5, 5.41) is 0.569. The normalized spacial score (nSPS) is 10.3. The third kappa shape index (κ3) is 3.33. The Labute approximate surface area is 95.2 Å². The number of benzene rings is 1. The summed E-state index contributed by atoms with van der Waals surface area (Å²) < 4.78 is 4.90. The summed E-state index contributed by atoms with van der Waals surface area (Å²) in [6, 6.07) is 5.52. The number of aryl methyl sites for hydroxylation is 1. The van der Waals surface area contributed by atoms with Crippen LogP contribution in [-0.4, -0.2) is 19.5 Å². The Morgan fingerprint density at radius 2 is 2.20 bits per heavy atom. The molecule has 0 heterocycles. The van der Waals surface area contributed by atoms with Gasteiger partial charge in [-0.1, -0.05) is 23.7 Å². The first kappa shape index (κ1) is 12.2. The van der Waals surface area contributed by atoms with Gasteiger partial charge >= 0.3 is 0 Å². The SMILES string of the molecule is COCCCC(=O)c1cccc(C)c1Cl. The van der Waals surface area contributed by atoms with E-state index < -0.39 is 0 Å². The average molecular weight is 227 g/mol. The number of ether oxygens (including phenoxy) is 1. The van der Waals surface area contributed by atoms with Crippen molar-refractivity contribution in [2.24, 2.45) is 0 Å². The second-order valence-electron chi connectivity index (χ2n) is 3.46. The molecule has 0 saturated heterocycles. The molecule has 2 nitrogen and oxygen atoms in total. The van der Waals surface area contributed by atoms with Gasteiger partial charge in [0.15, 0.2) is 5.78 Å². The van der Waals surface area contributed by atoms with E-state index in [-0.39, 0.29) is 5.78 Å². The maximum atomic E-state index is 11.8. The number of halogens is 1. The summed E-state index contributed by atoms with van der Waals surface area (Å²) in [7, 11) is 1.63. The van der Waals surface area contributed by atoms with Crippen LogP contribution in [0.5, 0.6) is 0 Å². The van der Waals surface area contributed by atoms with Crippen molar-refractivity contribution in [2.45, 2.75) is 19.8 Å². The van der Waals surface area contributed by atoms with Crippen molar-refractivity contribution in [1.82, 2.24) is 0 Å². The van der Waals surface area contributed by atoms with Gasteiger partial charge in [0.05, 0.1) is 5.02 Å². The van der Waals surface area contributed by atoms with Crippen LogP contribution in [0, 0.1) is 6.92 Å². The number of methoxy groups -OCH3 is 1. The van der Waals surface area contributed by atoms with E-state index >= 15 is 0 Å². The molecule has 0 aliphatic rings. The van der Waals surface area contributed by atoms with Crippen LogP contribution in [0.25, 0.3) is 0 Å². The summed E-state index contributed by atoms with van der Waals surface area (Å²) in [6.45, 7) is 2.50. The van der Waals surface area contributed by atoms with E-state index in [0.29, 0.717) is 23.6 Å². The Morgan fingerprint density at radius 3 is 2.87 bits per heavy atom. The fourth-order valence-corrected chi connectivity index (χ4v) is 1.61. The topological polar surface area (TPSA) is 26.3 Å². The molecule has 3 heteroatoms. The van der Waals surface area contributed by atoms with Gasteiger partial charge in [-0.3, -0.25) is 4.79 Å². The minimum absolute atomic E-state index is 0.0840. The monoisotopic (exact) mass is 226 g/mol. The van der Waals surface area contributed by atoms with Gasteiger partial charge in [0, 0.05) is 25.7 Å². The van der Waals surface area contributed by atoms with Gasteiger partial charge in [0.25, 0.3) is 0 Å². The van der Waals surface area contributed by atoms with Crippen molar-refractivity contribution >= 4 is 17.4 Å². The van der Waals surface area contributed by atoms with Crippen LogP contribution in [0.1, 0.15) is 28.8 Å². The number of hydrogen-bond acceptors (Lipinski definition) is 2. The molecule has 0 radical (unpaired) electrons. The molecule has 15 heavy (non-hydrogen) atoms. The standard InChI is InChI=1S/C12H15ClO2/c1-9-5-3-6-10(12(9)13)11(14)7-4-8-15-2/h3,5-6H,4,7-8H2,1-2H3. The average Bonchev–Trinajstić information content (AvgIpc) is 2.22. The van der Waals surface area contributed by atoms with E-state index in [1.165, 1.54) is 0 Å². The van der Waals surface area contributed by atoms with Crippen LogP contribution in [0.4, 0.5) is 0 Å². The fourth-order valence-electron chi connectivity index (χ4n) is 1.37. The number of ketones is 1. The molecule has 0 saturated carbocycles. The Balaban J connectivity index is 2.69. The quantitative estimate of drug-likeness (QED) is 0.569. The highest BCUT2D eigenvalue weighted by atomic mass is 35.5. The van der Waals surface area contributed by atoms with E-state index in [4.69, 9.17) is 16.3 Å². The van der Waals surface area contributed by atoms with Crippen LogP contribution < -0.4 is 0 Å². The molecular weight excluding hydrogens is 212 g/mol. The molecule has 1 aromatic rings. The third-order valence-electron chi connectivity index (χ3n) is 2.24. The van der Waals surface area contributed by atoms with Crippen molar-refractivity contribution in [2.75, 3.05) is 13.7 Å². The first-order chi connectivity index (χ1) is 7.16. The van der Waals surface area contributed by atoms with Crippen LogP contribution in [-0.2, 0) is 4.74 Å². The molecule has 0 atom stereocenters. The molecule has 0 unspecified atom stereocenters. The highest BCUT2D eigenvalue weighted by Gasteiger charge is 2.10. The van der Waals surface area contributed by atoms with Gasteiger partial charge in [-0.15, -0.1) is 0 Å². The smallest absolute Gasteiger partial charge is 0.164 e. The first-order valence-electron chi connectivity index (χ1n) is 4.94. The number of carbonyl (C=O) groups excluding carboxylic acids is 1. The zero-order chi connectivity index (χ0) is 11.3.